The zero-order chi connectivity index (χ0) is 18.5. The Morgan fingerprint density at radius 3 is 2.07 bits per heavy atom. The fraction of sp³-hybridized carbons (Fsp3) is 0.833. The maximum Gasteiger partial charge on any atom is 0.310 e. The van der Waals surface area contributed by atoms with Gasteiger partial charge in [0.2, 0.25) is 0 Å². The highest BCUT2D eigenvalue weighted by Gasteiger charge is 2.78. The highest BCUT2D eigenvalue weighted by atomic mass is 16.5. The first-order chi connectivity index (χ1) is 13.7. The fourth-order valence-electron chi connectivity index (χ4n) is 11.2. The summed E-state index contributed by atoms with van der Waals surface area (Å²) in [5.41, 5.74) is 0. The number of rotatable bonds is 1. The second-order valence-electron chi connectivity index (χ2n) is 11.3. The van der Waals surface area contributed by atoms with Gasteiger partial charge in [-0.15, -0.1) is 0 Å². The van der Waals surface area contributed by atoms with Crippen molar-refractivity contribution >= 4 is 5.97 Å². The van der Waals surface area contributed by atoms with Gasteiger partial charge in [0, 0.05) is 0 Å². The lowest BCUT2D eigenvalue weighted by Gasteiger charge is -2.48. The van der Waals surface area contributed by atoms with Crippen molar-refractivity contribution in [3.8, 4) is 6.07 Å². The third-order valence-corrected chi connectivity index (χ3v) is 11.3. The van der Waals surface area contributed by atoms with E-state index in [4.69, 9.17) is 9.47 Å². The van der Waals surface area contributed by atoms with Crippen molar-refractivity contribution < 1.29 is 14.3 Å². The Balaban J connectivity index is 1.19. The van der Waals surface area contributed by atoms with Gasteiger partial charge in [0.05, 0.1) is 37.2 Å². The number of nitriles is 1. The van der Waals surface area contributed by atoms with Gasteiger partial charge in [0.1, 0.15) is 0 Å². The molecule has 2 aliphatic heterocycles. The van der Waals surface area contributed by atoms with Crippen molar-refractivity contribution in [3.63, 3.8) is 0 Å². The van der Waals surface area contributed by atoms with Crippen LogP contribution in [0.3, 0.4) is 0 Å². The standard InChI is InChI=1S/C24H27NO3/c1-27-24(26)17-13-5-10(14(17)7-25)18-21(13)23-20-12-6-11(19(20)22(18)28-23)15-8-2-3-9(4-8)16(12)15/h2-3,8-23H,4-6H2,1H3. The molecule has 16 atom stereocenters. The molecule has 8 bridgehead atoms. The smallest absolute Gasteiger partial charge is 0.310 e. The first kappa shape index (κ1) is 15.5. The lowest BCUT2D eigenvalue weighted by atomic mass is 9.53. The Hall–Kier alpha value is -1.34. The van der Waals surface area contributed by atoms with Crippen molar-refractivity contribution in [1.82, 2.24) is 0 Å². The minimum absolute atomic E-state index is 0.150. The highest BCUT2D eigenvalue weighted by Crippen LogP contribution is 2.78. The summed E-state index contributed by atoms with van der Waals surface area (Å²) in [4.78, 5) is 12.5. The van der Waals surface area contributed by atoms with Gasteiger partial charge >= 0.3 is 5.97 Å². The van der Waals surface area contributed by atoms with Gasteiger partial charge < -0.3 is 9.47 Å². The third-order valence-electron chi connectivity index (χ3n) is 11.3. The molecule has 0 radical (unpaired) electrons. The molecule has 8 aliphatic rings. The second-order valence-corrected chi connectivity index (χ2v) is 11.3. The van der Waals surface area contributed by atoms with E-state index in [0.29, 0.717) is 35.9 Å². The zero-order valence-corrected chi connectivity index (χ0v) is 16.2. The number of nitrogens with zero attached hydrogens (tertiary/aromatic N) is 1. The van der Waals surface area contributed by atoms with E-state index in [-0.39, 0.29) is 17.8 Å². The lowest BCUT2D eigenvalue weighted by Crippen LogP contribution is -2.52. The summed E-state index contributed by atoms with van der Waals surface area (Å²) in [6.45, 7) is 0. The van der Waals surface area contributed by atoms with E-state index in [0.717, 1.165) is 53.8 Å². The molecule has 2 heterocycles. The van der Waals surface area contributed by atoms with Gasteiger partial charge in [-0.2, -0.15) is 5.26 Å². The largest absolute Gasteiger partial charge is 0.469 e. The molecule has 0 aromatic heterocycles. The molecular formula is C24H27NO3. The molecule has 6 aliphatic carbocycles. The van der Waals surface area contributed by atoms with Crippen LogP contribution in [0.2, 0.25) is 0 Å². The molecule has 146 valence electrons. The summed E-state index contributed by atoms with van der Waals surface area (Å²) in [6, 6.07) is 2.52. The van der Waals surface area contributed by atoms with Gasteiger partial charge in [-0.1, -0.05) is 12.2 Å². The van der Waals surface area contributed by atoms with Crippen LogP contribution in [0.5, 0.6) is 0 Å². The van der Waals surface area contributed by atoms with Crippen LogP contribution >= 0.6 is 0 Å². The number of allylic oxidation sites excluding steroid dienone is 2. The molecule has 0 amide bonds. The number of methoxy groups -OCH3 is 1. The third kappa shape index (κ3) is 1.39. The average molecular weight is 377 g/mol. The van der Waals surface area contributed by atoms with Crippen LogP contribution in [0.15, 0.2) is 12.2 Å². The van der Waals surface area contributed by atoms with E-state index >= 15 is 0 Å². The van der Waals surface area contributed by atoms with Gasteiger partial charge in [-0.25, -0.2) is 0 Å². The number of hydrogen-bond acceptors (Lipinski definition) is 4. The molecule has 2 saturated heterocycles. The molecule has 8 rings (SSSR count). The van der Waals surface area contributed by atoms with Crippen molar-refractivity contribution in [1.29, 1.82) is 5.26 Å². The number of fused-ring (bicyclic) bond motifs is 23. The van der Waals surface area contributed by atoms with Crippen molar-refractivity contribution in [2.75, 3.05) is 7.11 Å². The molecule has 0 N–H and O–H groups in total. The molecule has 28 heavy (non-hydrogen) atoms. The number of ether oxygens (including phenoxy) is 2. The minimum Gasteiger partial charge on any atom is -0.469 e. The topological polar surface area (TPSA) is 59.3 Å². The second kappa shape index (κ2) is 4.69. The zero-order valence-electron chi connectivity index (χ0n) is 16.2. The Morgan fingerprint density at radius 1 is 0.893 bits per heavy atom. The van der Waals surface area contributed by atoms with Gasteiger partial charge in [-0.05, 0) is 90.3 Å². The summed E-state index contributed by atoms with van der Waals surface area (Å²) < 4.78 is 11.9. The summed E-state index contributed by atoms with van der Waals surface area (Å²) >= 11 is 0. The predicted molar refractivity (Wildman–Crippen MR) is 98.1 cm³/mol. The van der Waals surface area contributed by atoms with Crippen LogP contribution in [0.4, 0.5) is 0 Å². The molecule has 5 saturated carbocycles. The summed E-state index contributed by atoms with van der Waals surface area (Å²) in [5.74, 6) is 7.95. The Kier molecular flexibility index (Phi) is 2.60. The average Bonchev–Trinajstić information content (AvgIpc) is 3.54. The van der Waals surface area contributed by atoms with E-state index < -0.39 is 0 Å². The number of hydrogen-bond donors (Lipinski definition) is 0. The Morgan fingerprint density at radius 2 is 1.46 bits per heavy atom. The van der Waals surface area contributed by atoms with Crippen molar-refractivity contribution in [2.24, 2.45) is 82.9 Å². The number of carbonyl (C=O) groups is 1. The fourth-order valence-corrected chi connectivity index (χ4v) is 11.2. The first-order valence-electron chi connectivity index (χ1n) is 11.5. The normalized spacial score (nSPS) is 67.6. The van der Waals surface area contributed by atoms with E-state index in [1.165, 1.54) is 20.0 Å². The maximum absolute atomic E-state index is 12.5. The molecule has 0 aromatic carbocycles. The van der Waals surface area contributed by atoms with E-state index in [1.54, 1.807) is 0 Å². The first-order valence-corrected chi connectivity index (χ1v) is 11.5. The molecular weight excluding hydrogens is 350 g/mol. The highest BCUT2D eigenvalue weighted by molar-refractivity contribution is 5.74. The molecule has 7 fully saturated rings. The molecule has 0 spiro atoms. The van der Waals surface area contributed by atoms with Crippen LogP contribution < -0.4 is 0 Å². The van der Waals surface area contributed by atoms with Crippen LogP contribution in [0.1, 0.15) is 19.3 Å². The number of carbonyl (C=O) groups excluding carboxylic acids is 1. The summed E-state index contributed by atoms with van der Waals surface area (Å²) in [7, 11) is 1.48. The summed E-state index contributed by atoms with van der Waals surface area (Å²) in [6.07, 6.45) is 9.70. The Labute approximate surface area is 165 Å². The van der Waals surface area contributed by atoms with Crippen LogP contribution in [0.25, 0.3) is 0 Å². The van der Waals surface area contributed by atoms with Crippen LogP contribution in [-0.2, 0) is 14.3 Å². The lowest BCUT2D eigenvalue weighted by molar-refractivity contribution is -0.150. The molecule has 0 aromatic rings. The van der Waals surface area contributed by atoms with E-state index in [2.05, 4.69) is 18.2 Å². The maximum atomic E-state index is 12.5. The SMILES string of the molecule is COC(=O)C1C(C#N)C2CC1C1C3OC(C21)C1C2CC(C4C5C=CC(C5)C24)C31. The molecule has 4 heteroatoms. The van der Waals surface area contributed by atoms with Gasteiger partial charge in [0.15, 0.2) is 0 Å². The predicted octanol–water partition coefficient (Wildman–Crippen LogP) is 2.90. The van der Waals surface area contributed by atoms with E-state index in [9.17, 15) is 10.1 Å². The monoisotopic (exact) mass is 377 g/mol. The molecule has 16 unspecified atom stereocenters. The van der Waals surface area contributed by atoms with Gasteiger partial charge in [0.25, 0.3) is 0 Å². The minimum atomic E-state index is -0.209. The van der Waals surface area contributed by atoms with E-state index in [1.807, 2.05) is 0 Å². The summed E-state index contributed by atoms with van der Waals surface area (Å²) in [5, 5.41) is 9.87. The van der Waals surface area contributed by atoms with Crippen LogP contribution in [-0.4, -0.2) is 25.3 Å². The molecule has 4 nitrogen and oxygen atoms in total. The Bertz CT molecular complexity index is 860. The van der Waals surface area contributed by atoms with Gasteiger partial charge in [-0.3, -0.25) is 4.79 Å². The van der Waals surface area contributed by atoms with Crippen molar-refractivity contribution in [2.45, 2.75) is 31.5 Å². The van der Waals surface area contributed by atoms with Crippen molar-refractivity contribution in [3.05, 3.63) is 12.2 Å². The quantitative estimate of drug-likeness (QED) is 0.401. The van der Waals surface area contributed by atoms with Crippen LogP contribution in [0, 0.1) is 94.2 Å². The number of esters is 1.